The minimum absolute atomic E-state index is 0.0901. The van der Waals surface area contributed by atoms with E-state index in [2.05, 4.69) is 4.72 Å². The Hall–Kier alpha value is -1.03. The molecule has 1 fully saturated rings. The van der Waals surface area contributed by atoms with Crippen molar-refractivity contribution in [2.45, 2.75) is 22.8 Å². The summed E-state index contributed by atoms with van der Waals surface area (Å²) in [5.74, 6) is 0. The van der Waals surface area contributed by atoms with E-state index < -0.39 is 16.1 Å². The number of rotatable bonds is 6. The summed E-state index contributed by atoms with van der Waals surface area (Å²) in [4.78, 5) is 0. The Kier molecular flexibility index (Phi) is 5.30. The van der Waals surface area contributed by atoms with E-state index in [0.717, 1.165) is 10.1 Å². The molecule has 1 saturated heterocycles. The first kappa shape index (κ1) is 16.8. The summed E-state index contributed by atoms with van der Waals surface area (Å²) in [6, 6.07) is 8.78. The lowest BCUT2D eigenvalue weighted by Gasteiger charge is -2.31. The number of aliphatic hydroxyl groups is 1. The number of nitrogens with one attached hydrogen (secondary N) is 1. The largest absolute Gasteiger partial charge is 0.394 e. The first-order valence-corrected chi connectivity index (χ1v) is 9.71. The summed E-state index contributed by atoms with van der Waals surface area (Å²) < 4.78 is 40.1. The van der Waals surface area contributed by atoms with Crippen LogP contribution < -0.4 is 4.72 Å². The molecule has 2 atom stereocenters. The van der Waals surface area contributed by atoms with Gasteiger partial charge in [-0.15, -0.1) is 11.3 Å². The highest BCUT2D eigenvalue weighted by Gasteiger charge is 2.31. The number of ether oxygens (including phenoxy) is 2. The average Bonchev–Trinajstić information content (AvgIpc) is 2.99. The van der Waals surface area contributed by atoms with Gasteiger partial charge in [-0.3, -0.25) is 0 Å². The molecule has 6 nitrogen and oxygen atoms in total. The van der Waals surface area contributed by atoms with Crippen LogP contribution in [0.4, 0.5) is 0 Å². The molecule has 1 aromatic carbocycles. The minimum Gasteiger partial charge on any atom is -0.394 e. The molecule has 2 aromatic rings. The van der Waals surface area contributed by atoms with E-state index in [-0.39, 0.29) is 30.1 Å². The van der Waals surface area contributed by atoms with Crippen molar-refractivity contribution in [3.63, 3.8) is 0 Å². The van der Waals surface area contributed by atoms with E-state index in [1.54, 1.807) is 6.07 Å². The van der Waals surface area contributed by atoms with Crippen molar-refractivity contribution >= 4 is 31.4 Å². The Morgan fingerprint density at radius 2 is 2.22 bits per heavy atom. The Morgan fingerprint density at radius 1 is 1.39 bits per heavy atom. The first-order chi connectivity index (χ1) is 11.1. The van der Waals surface area contributed by atoms with Crippen LogP contribution in [0.2, 0.25) is 0 Å². The SMILES string of the molecule is O=S(=O)(N[C@@H]1COCC[C@@H]1OCCO)c1cc2ccccc2s1. The highest BCUT2D eigenvalue weighted by Crippen LogP contribution is 2.29. The van der Waals surface area contributed by atoms with Gasteiger partial charge in [0.15, 0.2) is 0 Å². The van der Waals surface area contributed by atoms with Crippen molar-refractivity contribution in [2.75, 3.05) is 26.4 Å². The van der Waals surface area contributed by atoms with Crippen molar-refractivity contribution in [1.29, 1.82) is 0 Å². The lowest BCUT2D eigenvalue weighted by atomic mass is 10.1. The molecule has 3 rings (SSSR count). The van der Waals surface area contributed by atoms with Gasteiger partial charge in [-0.1, -0.05) is 18.2 Å². The molecule has 0 unspecified atom stereocenters. The van der Waals surface area contributed by atoms with Crippen LogP contribution in [0.1, 0.15) is 6.42 Å². The summed E-state index contributed by atoms with van der Waals surface area (Å²) in [7, 11) is -3.63. The molecule has 2 N–H and O–H groups in total. The molecule has 126 valence electrons. The van der Waals surface area contributed by atoms with E-state index in [0.29, 0.717) is 13.0 Å². The van der Waals surface area contributed by atoms with E-state index in [1.165, 1.54) is 11.3 Å². The molecule has 1 aliphatic rings. The van der Waals surface area contributed by atoms with E-state index in [9.17, 15) is 8.42 Å². The summed E-state index contributed by atoms with van der Waals surface area (Å²) in [6.45, 7) is 0.885. The van der Waals surface area contributed by atoms with E-state index >= 15 is 0 Å². The van der Waals surface area contributed by atoms with Gasteiger partial charge in [0.2, 0.25) is 0 Å². The highest BCUT2D eigenvalue weighted by molar-refractivity contribution is 7.91. The Morgan fingerprint density at radius 3 is 3.00 bits per heavy atom. The summed E-state index contributed by atoms with van der Waals surface area (Å²) >= 11 is 1.24. The summed E-state index contributed by atoms with van der Waals surface area (Å²) in [6.07, 6.45) is 0.305. The van der Waals surface area contributed by atoms with Crippen molar-refractivity contribution < 1.29 is 23.0 Å². The van der Waals surface area contributed by atoms with Gasteiger partial charge in [0, 0.05) is 11.3 Å². The Bertz CT molecular complexity index is 725. The molecule has 0 amide bonds. The lowest BCUT2D eigenvalue weighted by molar-refractivity contribution is -0.0580. The molecule has 1 aromatic heterocycles. The predicted octanol–water partition coefficient (Wildman–Crippen LogP) is 1.35. The zero-order chi connectivity index (χ0) is 16.3. The number of hydrogen-bond donors (Lipinski definition) is 2. The fraction of sp³-hybridized carbons (Fsp3) is 0.467. The van der Waals surface area contributed by atoms with Crippen LogP contribution in [0.3, 0.4) is 0 Å². The quantitative estimate of drug-likeness (QED) is 0.815. The van der Waals surface area contributed by atoms with E-state index in [1.807, 2.05) is 24.3 Å². The van der Waals surface area contributed by atoms with Crippen LogP contribution in [-0.2, 0) is 19.5 Å². The van der Waals surface area contributed by atoms with Crippen LogP contribution in [0, 0.1) is 0 Å². The number of fused-ring (bicyclic) bond motifs is 1. The number of thiophene rings is 1. The van der Waals surface area contributed by atoms with Crippen molar-refractivity contribution in [3.05, 3.63) is 30.3 Å². The maximum atomic E-state index is 12.6. The third-order valence-corrected chi connectivity index (χ3v) is 6.77. The zero-order valence-corrected chi connectivity index (χ0v) is 14.1. The normalized spacial score (nSPS) is 22.5. The highest BCUT2D eigenvalue weighted by atomic mass is 32.2. The fourth-order valence-electron chi connectivity index (χ4n) is 2.58. The van der Waals surface area contributed by atoms with Gasteiger partial charge in [0.05, 0.1) is 32.0 Å². The van der Waals surface area contributed by atoms with Crippen molar-refractivity contribution in [1.82, 2.24) is 4.72 Å². The Balaban J connectivity index is 1.78. The number of sulfonamides is 1. The molecule has 0 radical (unpaired) electrons. The van der Waals surface area contributed by atoms with Gasteiger partial charge in [-0.25, -0.2) is 13.1 Å². The van der Waals surface area contributed by atoms with Crippen LogP contribution in [0.5, 0.6) is 0 Å². The van der Waals surface area contributed by atoms with Crippen molar-refractivity contribution in [3.8, 4) is 0 Å². The third-order valence-electron chi connectivity index (χ3n) is 3.69. The summed E-state index contributed by atoms with van der Waals surface area (Å²) in [5, 5.41) is 9.79. The average molecular weight is 357 g/mol. The Labute approximate surface area is 139 Å². The number of hydrogen-bond acceptors (Lipinski definition) is 6. The maximum absolute atomic E-state index is 12.6. The van der Waals surface area contributed by atoms with Crippen LogP contribution in [0.15, 0.2) is 34.5 Å². The van der Waals surface area contributed by atoms with Gasteiger partial charge in [0.25, 0.3) is 10.0 Å². The van der Waals surface area contributed by atoms with Crippen molar-refractivity contribution in [2.24, 2.45) is 0 Å². The first-order valence-electron chi connectivity index (χ1n) is 7.41. The summed E-state index contributed by atoms with van der Waals surface area (Å²) in [5.41, 5.74) is 0. The van der Waals surface area contributed by atoms with Crippen LogP contribution in [-0.4, -0.2) is 52.1 Å². The van der Waals surface area contributed by atoms with Crippen LogP contribution in [0.25, 0.3) is 10.1 Å². The smallest absolute Gasteiger partial charge is 0.250 e. The standard InChI is InChI=1S/C15H19NO5S2/c17-6-8-21-13-5-7-20-10-12(13)16-23(18,19)15-9-11-3-1-2-4-14(11)22-15/h1-4,9,12-13,16-17H,5-8,10H2/t12-,13+/m1/s1. The molecule has 2 heterocycles. The van der Waals surface area contributed by atoms with Gasteiger partial charge >= 0.3 is 0 Å². The third kappa shape index (κ3) is 3.90. The second kappa shape index (κ2) is 7.25. The molecule has 0 spiro atoms. The molecule has 23 heavy (non-hydrogen) atoms. The molecule has 8 heteroatoms. The molecule has 0 aliphatic carbocycles. The number of aliphatic hydroxyl groups excluding tert-OH is 1. The molecular formula is C15H19NO5S2. The molecular weight excluding hydrogens is 338 g/mol. The van der Waals surface area contributed by atoms with Gasteiger partial charge in [-0.2, -0.15) is 0 Å². The molecule has 0 bridgehead atoms. The van der Waals surface area contributed by atoms with Gasteiger partial charge < -0.3 is 14.6 Å². The monoisotopic (exact) mass is 357 g/mol. The van der Waals surface area contributed by atoms with Gasteiger partial charge in [-0.05, 0) is 23.9 Å². The molecule has 0 saturated carbocycles. The van der Waals surface area contributed by atoms with Gasteiger partial charge in [0.1, 0.15) is 4.21 Å². The zero-order valence-electron chi connectivity index (χ0n) is 12.5. The minimum atomic E-state index is -3.63. The molecule has 1 aliphatic heterocycles. The lowest BCUT2D eigenvalue weighted by Crippen LogP contribution is -2.50. The van der Waals surface area contributed by atoms with E-state index in [4.69, 9.17) is 14.6 Å². The topological polar surface area (TPSA) is 84.9 Å². The predicted molar refractivity (Wildman–Crippen MR) is 88.2 cm³/mol. The number of benzene rings is 1. The fourth-order valence-corrected chi connectivity index (χ4v) is 5.24. The second-order valence-electron chi connectivity index (χ2n) is 5.33. The maximum Gasteiger partial charge on any atom is 0.250 e. The van der Waals surface area contributed by atoms with Crippen LogP contribution >= 0.6 is 11.3 Å². The second-order valence-corrected chi connectivity index (χ2v) is 8.35.